The largest absolute Gasteiger partial charge is 0.350 e. The van der Waals surface area contributed by atoms with Crippen molar-refractivity contribution >= 4 is 45.2 Å². The minimum Gasteiger partial charge on any atom is -0.350 e. The number of urea groups is 1. The molecule has 1 heterocycles. The van der Waals surface area contributed by atoms with Gasteiger partial charge in [0.2, 0.25) is 21.8 Å². The van der Waals surface area contributed by atoms with Crippen LogP contribution in [-0.2, 0) is 19.6 Å². The lowest BCUT2D eigenvalue weighted by Crippen LogP contribution is -2.53. The van der Waals surface area contributed by atoms with Crippen LogP contribution in [0, 0.1) is 6.92 Å². The van der Waals surface area contributed by atoms with Crippen molar-refractivity contribution in [2.45, 2.75) is 51.6 Å². The Morgan fingerprint density at radius 1 is 0.955 bits per heavy atom. The molecular weight excluding hydrogens is 582 g/mol. The van der Waals surface area contributed by atoms with Crippen LogP contribution in [0.4, 0.5) is 16.2 Å². The topological polar surface area (TPSA) is 154 Å². The highest BCUT2D eigenvalue weighted by molar-refractivity contribution is 7.89. The van der Waals surface area contributed by atoms with Crippen LogP contribution >= 0.6 is 0 Å². The zero-order valence-electron chi connectivity index (χ0n) is 25.3. The smallest absolute Gasteiger partial charge is 0.319 e. The molecule has 0 spiro atoms. The van der Waals surface area contributed by atoms with Gasteiger partial charge < -0.3 is 20.9 Å². The molecule has 3 aromatic carbocycles. The third kappa shape index (κ3) is 8.44. The molecule has 3 aromatic rings. The molecule has 232 valence electrons. The Kier molecular flexibility index (Phi) is 9.43. The van der Waals surface area contributed by atoms with E-state index in [1.807, 2.05) is 80.9 Å². The monoisotopic (exact) mass is 619 g/mol. The molecule has 0 aliphatic carbocycles. The Bertz CT molecular complexity index is 1680. The summed E-state index contributed by atoms with van der Waals surface area (Å²) in [5.74, 6) is -1.92. The molecule has 5 amide bonds. The van der Waals surface area contributed by atoms with Gasteiger partial charge in [0.15, 0.2) is 0 Å². The van der Waals surface area contributed by atoms with Gasteiger partial charge in [0.25, 0.3) is 5.91 Å². The molecule has 1 aliphatic rings. The van der Waals surface area contributed by atoms with Gasteiger partial charge in [-0.05, 0) is 75.1 Å². The molecule has 2 unspecified atom stereocenters. The van der Waals surface area contributed by atoms with Gasteiger partial charge >= 0.3 is 6.03 Å². The van der Waals surface area contributed by atoms with E-state index in [0.29, 0.717) is 5.69 Å². The molecule has 0 saturated heterocycles. The van der Waals surface area contributed by atoms with Crippen LogP contribution in [0.3, 0.4) is 0 Å². The number of carbonyl (C=O) groups is 4. The van der Waals surface area contributed by atoms with Crippen molar-refractivity contribution in [2.75, 3.05) is 23.0 Å². The second-order valence-corrected chi connectivity index (χ2v) is 13.7. The molecule has 12 heteroatoms. The van der Waals surface area contributed by atoms with E-state index in [1.54, 1.807) is 0 Å². The molecule has 0 fully saturated rings. The van der Waals surface area contributed by atoms with Crippen molar-refractivity contribution in [1.29, 1.82) is 0 Å². The molecule has 0 saturated carbocycles. The SMILES string of the molecule is Cc1ccc2c(c1)N(CC(=O)NC(C)(C)C)C(=O)C(NC(=O)Nc1cccc(C(=O)NS(C)(=O)=O)c1)CC2c1ccccc1. The van der Waals surface area contributed by atoms with Gasteiger partial charge in [-0.15, -0.1) is 0 Å². The average molecular weight is 620 g/mol. The van der Waals surface area contributed by atoms with E-state index >= 15 is 0 Å². The summed E-state index contributed by atoms with van der Waals surface area (Å²) in [6.45, 7) is 7.23. The second-order valence-electron chi connectivity index (χ2n) is 11.9. The maximum Gasteiger partial charge on any atom is 0.319 e. The van der Waals surface area contributed by atoms with Crippen LogP contribution in [0.1, 0.15) is 60.2 Å². The fourth-order valence-corrected chi connectivity index (χ4v) is 5.58. The van der Waals surface area contributed by atoms with Crippen LogP contribution in [0.5, 0.6) is 0 Å². The number of anilines is 2. The summed E-state index contributed by atoms with van der Waals surface area (Å²) < 4.78 is 24.8. The van der Waals surface area contributed by atoms with Gasteiger partial charge in [-0.3, -0.25) is 14.4 Å². The highest BCUT2D eigenvalue weighted by Crippen LogP contribution is 2.39. The van der Waals surface area contributed by atoms with E-state index in [-0.39, 0.29) is 36.0 Å². The summed E-state index contributed by atoms with van der Waals surface area (Å²) in [6, 6.07) is 19.5. The number of amides is 5. The van der Waals surface area contributed by atoms with E-state index in [9.17, 15) is 27.6 Å². The van der Waals surface area contributed by atoms with Gasteiger partial charge in [-0.2, -0.15) is 0 Å². The number of sulfonamides is 1. The van der Waals surface area contributed by atoms with Crippen molar-refractivity contribution in [3.63, 3.8) is 0 Å². The lowest BCUT2D eigenvalue weighted by molar-refractivity contribution is -0.125. The van der Waals surface area contributed by atoms with Gasteiger partial charge in [0, 0.05) is 28.4 Å². The normalized spacial score (nSPS) is 16.8. The van der Waals surface area contributed by atoms with E-state index < -0.39 is 39.4 Å². The predicted molar refractivity (Wildman–Crippen MR) is 169 cm³/mol. The Labute approximate surface area is 257 Å². The van der Waals surface area contributed by atoms with Crippen LogP contribution in [0.2, 0.25) is 0 Å². The Hall–Kier alpha value is -4.71. The van der Waals surface area contributed by atoms with E-state index in [4.69, 9.17) is 0 Å². The number of hydrogen-bond donors (Lipinski definition) is 4. The molecule has 1 aliphatic heterocycles. The first-order valence-corrected chi connectivity index (χ1v) is 16.0. The predicted octanol–water partition coefficient (Wildman–Crippen LogP) is 3.66. The third-order valence-electron chi connectivity index (χ3n) is 6.87. The quantitative estimate of drug-likeness (QED) is 0.317. The average Bonchev–Trinajstić information content (AvgIpc) is 3.02. The van der Waals surface area contributed by atoms with Crippen molar-refractivity contribution in [2.24, 2.45) is 0 Å². The number of carbonyl (C=O) groups excluding carboxylic acids is 4. The first kappa shape index (κ1) is 32.2. The summed E-state index contributed by atoms with van der Waals surface area (Å²) in [6.07, 6.45) is 1.09. The summed E-state index contributed by atoms with van der Waals surface area (Å²) in [7, 11) is -3.78. The minimum atomic E-state index is -3.78. The number of hydrogen-bond acceptors (Lipinski definition) is 6. The Morgan fingerprint density at radius 2 is 1.66 bits per heavy atom. The fraction of sp³-hybridized carbons (Fsp3) is 0.312. The molecule has 0 radical (unpaired) electrons. The lowest BCUT2D eigenvalue weighted by Gasteiger charge is -2.28. The Balaban J connectivity index is 1.66. The fourth-order valence-electron chi connectivity index (χ4n) is 5.13. The number of fused-ring (bicyclic) bond motifs is 1. The molecule has 4 N–H and O–H groups in total. The highest BCUT2D eigenvalue weighted by Gasteiger charge is 2.37. The summed E-state index contributed by atoms with van der Waals surface area (Å²) in [4.78, 5) is 54.3. The minimum absolute atomic E-state index is 0.0183. The van der Waals surface area contributed by atoms with E-state index in [0.717, 1.165) is 22.9 Å². The van der Waals surface area contributed by atoms with Crippen LogP contribution in [0.25, 0.3) is 0 Å². The number of benzene rings is 3. The number of nitrogens with one attached hydrogen (secondary N) is 4. The van der Waals surface area contributed by atoms with Crippen molar-refractivity contribution < 1.29 is 27.6 Å². The first-order chi connectivity index (χ1) is 20.6. The number of nitrogens with zero attached hydrogens (tertiary/aromatic N) is 1. The summed E-state index contributed by atoms with van der Waals surface area (Å²) in [5.41, 5.74) is 3.03. The zero-order chi connectivity index (χ0) is 32.2. The lowest BCUT2D eigenvalue weighted by atomic mass is 9.85. The maximum atomic E-state index is 14.2. The molecule has 0 bridgehead atoms. The number of rotatable bonds is 7. The van der Waals surface area contributed by atoms with E-state index in [1.165, 1.54) is 29.2 Å². The van der Waals surface area contributed by atoms with Crippen molar-refractivity contribution in [3.05, 3.63) is 95.1 Å². The van der Waals surface area contributed by atoms with Crippen LogP contribution in [-0.4, -0.2) is 56.6 Å². The summed E-state index contributed by atoms with van der Waals surface area (Å²) >= 11 is 0. The molecule has 2 atom stereocenters. The molecule has 44 heavy (non-hydrogen) atoms. The van der Waals surface area contributed by atoms with Crippen LogP contribution < -0.4 is 25.6 Å². The highest BCUT2D eigenvalue weighted by atomic mass is 32.2. The third-order valence-corrected chi connectivity index (χ3v) is 7.43. The second kappa shape index (κ2) is 12.9. The molecule has 11 nitrogen and oxygen atoms in total. The maximum absolute atomic E-state index is 14.2. The van der Waals surface area contributed by atoms with Gasteiger partial charge in [-0.1, -0.05) is 48.5 Å². The Morgan fingerprint density at radius 3 is 2.32 bits per heavy atom. The molecular formula is C32H37N5O6S. The number of aryl methyl sites for hydroxylation is 1. The van der Waals surface area contributed by atoms with Gasteiger partial charge in [0.1, 0.15) is 12.6 Å². The summed E-state index contributed by atoms with van der Waals surface area (Å²) in [5, 5.41) is 8.32. The van der Waals surface area contributed by atoms with E-state index in [2.05, 4.69) is 16.0 Å². The van der Waals surface area contributed by atoms with Crippen molar-refractivity contribution in [1.82, 2.24) is 15.4 Å². The first-order valence-electron chi connectivity index (χ1n) is 14.1. The zero-order valence-corrected chi connectivity index (χ0v) is 26.1. The van der Waals surface area contributed by atoms with Crippen molar-refractivity contribution in [3.8, 4) is 0 Å². The van der Waals surface area contributed by atoms with Gasteiger partial charge in [-0.25, -0.2) is 17.9 Å². The van der Waals surface area contributed by atoms with Gasteiger partial charge in [0.05, 0.1) is 6.26 Å². The molecule has 0 aromatic heterocycles. The molecule has 4 rings (SSSR count). The standard InChI is InChI=1S/C32H37N5O6S/c1-20-14-15-24-25(21-10-7-6-8-11-21)18-26(30(40)37(27(24)16-20)19-28(38)35-32(2,3)4)34-31(41)33-23-13-9-12-22(17-23)29(39)36-44(5,42)43/h6-17,25-26H,18-19H2,1-5H3,(H,35,38)(H,36,39)(H2,33,34,41). The van der Waals surface area contributed by atoms with Crippen LogP contribution in [0.15, 0.2) is 72.8 Å².